The summed E-state index contributed by atoms with van der Waals surface area (Å²) in [6, 6.07) is 6.99. The lowest BCUT2D eigenvalue weighted by atomic mass is 10.0. The highest BCUT2D eigenvalue weighted by Crippen LogP contribution is 2.21. The van der Waals surface area contributed by atoms with Gasteiger partial charge in [0.15, 0.2) is 0 Å². The van der Waals surface area contributed by atoms with E-state index < -0.39 is 0 Å². The Morgan fingerprint density at radius 2 is 2.00 bits per heavy atom. The van der Waals surface area contributed by atoms with Crippen molar-refractivity contribution in [2.24, 2.45) is 5.92 Å². The Kier molecular flexibility index (Phi) is 6.41. The highest BCUT2D eigenvalue weighted by Gasteiger charge is 2.14. The molecule has 0 saturated heterocycles. The van der Waals surface area contributed by atoms with Crippen LogP contribution in [-0.2, 0) is 0 Å². The normalized spacial score (nSPS) is 12.5. The van der Waals surface area contributed by atoms with Gasteiger partial charge in [-0.15, -0.1) is 0 Å². The number of nitrogens with zero attached hydrogens (tertiary/aromatic N) is 1. The van der Waals surface area contributed by atoms with E-state index in [1.165, 1.54) is 6.07 Å². The Balaban J connectivity index is 2.74. The van der Waals surface area contributed by atoms with Gasteiger partial charge in [-0.2, -0.15) is 12.6 Å². The van der Waals surface area contributed by atoms with Crippen molar-refractivity contribution in [3.63, 3.8) is 0 Å². The van der Waals surface area contributed by atoms with Crippen LogP contribution in [0.4, 0.5) is 10.1 Å². The van der Waals surface area contributed by atoms with Crippen molar-refractivity contribution in [3.05, 3.63) is 30.1 Å². The molecule has 0 amide bonds. The monoisotopic (exact) mass is 255 g/mol. The van der Waals surface area contributed by atoms with Gasteiger partial charge in [0.05, 0.1) is 5.69 Å². The minimum absolute atomic E-state index is 0.135. The molecule has 96 valence electrons. The van der Waals surface area contributed by atoms with Crippen LogP contribution in [0.2, 0.25) is 0 Å². The molecule has 1 aromatic carbocycles. The summed E-state index contributed by atoms with van der Waals surface area (Å²) >= 11 is 4.38. The first-order valence-electron chi connectivity index (χ1n) is 6.33. The summed E-state index contributed by atoms with van der Waals surface area (Å²) < 4.78 is 13.7. The fourth-order valence-electron chi connectivity index (χ4n) is 2.07. The fourth-order valence-corrected chi connectivity index (χ4v) is 2.36. The van der Waals surface area contributed by atoms with Gasteiger partial charge in [0.25, 0.3) is 0 Å². The number of hydrogen-bond acceptors (Lipinski definition) is 2. The zero-order valence-corrected chi connectivity index (χ0v) is 11.6. The van der Waals surface area contributed by atoms with Crippen LogP contribution in [0.3, 0.4) is 0 Å². The predicted octanol–water partition coefficient (Wildman–Crippen LogP) is 4.00. The van der Waals surface area contributed by atoms with E-state index >= 15 is 0 Å². The third kappa shape index (κ3) is 4.23. The summed E-state index contributed by atoms with van der Waals surface area (Å²) in [5.41, 5.74) is 0.706. The molecule has 1 aromatic rings. The van der Waals surface area contributed by atoms with Crippen molar-refractivity contribution >= 4 is 18.3 Å². The van der Waals surface area contributed by atoms with Crippen LogP contribution >= 0.6 is 12.6 Å². The van der Waals surface area contributed by atoms with Crippen molar-refractivity contribution < 1.29 is 4.39 Å². The molecule has 17 heavy (non-hydrogen) atoms. The molecule has 1 unspecified atom stereocenters. The van der Waals surface area contributed by atoms with Crippen molar-refractivity contribution in [2.45, 2.75) is 26.7 Å². The number of anilines is 1. The Hall–Kier alpha value is -0.700. The number of para-hydroxylation sites is 1. The lowest BCUT2D eigenvalue weighted by molar-refractivity contribution is 0.518. The van der Waals surface area contributed by atoms with Gasteiger partial charge in [-0.25, -0.2) is 4.39 Å². The van der Waals surface area contributed by atoms with Gasteiger partial charge >= 0.3 is 0 Å². The summed E-state index contributed by atoms with van der Waals surface area (Å²) in [6.07, 6.45) is 2.30. The Bertz CT molecular complexity index is 330. The summed E-state index contributed by atoms with van der Waals surface area (Å²) in [7, 11) is 0. The van der Waals surface area contributed by atoms with E-state index in [2.05, 4.69) is 31.4 Å². The third-order valence-corrected chi connectivity index (χ3v) is 3.52. The van der Waals surface area contributed by atoms with E-state index in [1.54, 1.807) is 6.07 Å². The molecule has 1 atom stereocenters. The van der Waals surface area contributed by atoms with Crippen LogP contribution in [0.15, 0.2) is 24.3 Å². The second-order valence-corrected chi connectivity index (χ2v) is 4.69. The highest BCUT2D eigenvalue weighted by molar-refractivity contribution is 7.80. The maximum absolute atomic E-state index is 13.7. The standard InChI is InChI=1S/C14H22FNS/c1-3-7-12(11-17)10-16(4-2)14-9-6-5-8-13(14)15/h5-6,8-9,12,17H,3-4,7,10-11H2,1-2H3. The number of halogens is 1. The van der Waals surface area contributed by atoms with Crippen LogP contribution in [0.5, 0.6) is 0 Å². The van der Waals surface area contributed by atoms with Gasteiger partial charge in [-0.3, -0.25) is 0 Å². The molecule has 0 fully saturated rings. The average molecular weight is 255 g/mol. The first-order valence-corrected chi connectivity index (χ1v) is 6.96. The van der Waals surface area contributed by atoms with E-state index in [-0.39, 0.29) is 5.82 Å². The smallest absolute Gasteiger partial charge is 0.146 e. The lowest BCUT2D eigenvalue weighted by Crippen LogP contribution is -2.30. The SMILES string of the molecule is CCCC(CS)CN(CC)c1ccccc1F. The van der Waals surface area contributed by atoms with Gasteiger partial charge in [0.2, 0.25) is 0 Å². The van der Waals surface area contributed by atoms with Crippen LogP contribution in [0.1, 0.15) is 26.7 Å². The summed E-state index contributed by atoms with van der Waals surface area (Å²) in [4.78, 5) is 2.10. The second kappa shape index (κ2) is 7.59. The van der Waals surface area contributed by atoms with Crippen LogP contribution < -0.4 is 4.90 Å². The molecular formula is C14H22FNS. The minimum Gasteiger partial charge on any atom is -0.369 e. The van der Waals surface area contributed by atoms with E-state index in [0.717, 1.165) is 31.7 Å². The van der Waals surface area contributed by atoms with Gasteiger partial charge in [-0.05, 0) is 37.1 Å². The average Bonchev–Trinajstić information content (AvgIpc) is 2.35. The number of thiol groups is 1. The first-order chi connectivity index (χ1) is 8.22. The maximum atomic E-state index is 13.7. The summed E-state index contributed by atoms with van der Waals surface area (Å²) in [5.74, 6) is 1.25. The molecule has 3 heteroatoms. The molecule has 1 nitrogen and oxygen atoms in total. The zero-order valence-electron chi connectivity index (χ0n) is 10.7. The number of benzene rings is 1. The number of rotatable bonds is 7. The van der Waals surface area contributed by atoms with Crippen molar-refractivity contribution in [2.75, 3.05) is 23.7 Å². The Morgan fingerprint density at radius 1 is 1.29 bits per heavy atom. The van der Waals surface area contributed by atoms with E-state index in [9.17, 15) is 4.39 Å². The lowest BCUT2D eigenvalue weighted by Gasteiger charge is -2.27. The van der Waals surface area contributed by atoms with Crippen molar-refractivity contribution in [3.8, 4) is 0 Å². The van der Waals surface area contributed by atoms with Crippen LogP contribution in [-0.4, -0.2) is 18.8 Å². The molecule has 0 saturated carbocycles. The minimum atomic E-state index is -0.135. The third-order valence-electron chi connectivity index (χ3n) is 3.01. The topological polar surface area (TPSA) is 3.24 Å². The van der Waals surface area contributed by atoms with E-state index in [1.807, 2.05) is 12.1 Å². The van der Waals surface area contributed by atoms with Crippen LogP contribution in [0, 0.1) is 11.7 Å². The number of hydrogen-bond donors (Lipinski definition) is 1. The van der Waals surface area contributed by atoms with Gasteiger partial charge < -0.3 is 4.90 Å². The second-order valence-electron chi connectivity index (χ2n) is 4.33. The predicted molar refractivity (Wildman–Crippen MR) is 76.5 cm³/mol. The summed E-state index contributed by atoms with van der Waals surface area (Å²) in [5, 5.41) is 0. The molecule has 0 N–H and O–H groups in total. The van der Waals surface area contributed by atoms with E-state index in [0.29, 0.717) is 11.6 Å². The molecule has 0 aromatic heterocycles. The van der Waals surface area contributed by atoms with Crippen molar-refractivity contribution in [1.82, 2.24) is 0 Å². The van der Waals surface area contributed by atoms with Gasteiger partial charge in [-0.1, -0.05) is 25.5 Å². The largest absolute Gasteiger partial charge is 0.369 e. The summed E-state index contributed by atoms with van der Waals surface area (Å²) in [6.45, 7) is 5.95. The zero-order chi connectivity index (χ0) is 12.7. The molecule has 0 aliphatic carbocycles. The first kappa shape index (κ1) is 14.4. The van der Waals surface area contributed by atoms with Gasteiger partial charge in [0, 0.05) is 13.1 Å². The van der Waals surface area contributed by atoms with E-state index in [4.69, 9.17) is 0 Å². The van der Waals surface area contributed by atoms with Crippen molar-refractivity contribution in [1.29, 1.82) is 0 Å². The molecule has 0 radical (unpaired) electrons. The highest BCUT2D eigenvalue weighted by atomic mass is 32.1. The molecule has 0 aliphatic rings. The molecular weight excluding hydrogens is 233 g/mol. The Morgan fingerprint density at radius 3 is 2.53 bits per heavy atom. The molecule has 0 aliphatic heterocycles. The Labute approximate surface area is 109 Å². The fraction of sp³-hybridized carbons (Fsp3) is 0.571. The maximum Gasteiger partial charge on any atom is 0.146 e. The van der Waals surface area contributed by atoms with Crippen LogP contribution in [0.25, 0.3) is 0 Å². The van der Waals surface area contributed by atoms with Gasteiger partial charge in [0.1, 0.15) is 5.82 Å². The molecule has 1 rings (SSSR count). The molecule has 0 heterocycles. The molecule has 0 spiro atoms. The quantitative estimate of drug-likeness (QED) is 0.721. The molecule has 0 bridgehead atoms.